The molecule has 1 N–H and O–H groups in total. The fourth-order valence-corrected chi connectivity index (χ4v) is 2.43. The number of aromatic nitrogens is 4. The lowest BCUT2D eigenvalue weighted by Gasteiger charge is -2.23. The van der Waals surface area contributed by atoms with Crippen LogP contribution in [0.4, 0.5) is 5.69 Å². The molecule has 2 aromatic heterocycles. The first kappa shape index (κ1) is 16.5. The minimum absolute atomic E-state index is 0.0950. The number of nitrogens with one attached hydrogen (secondary N) is 1. The first-order valence-corrected chi connectivity index (χ1v) is 8.07. The van der Waals surface area contributed by atoms with E-state index in [2.05, 4.69) is 20.4 Å². The van der Waals surface area contributed by atoms with Crippen LogP contribution in [-0.2, 0) is 14.3 Å². The smallest absolute Gasteiger partial charge is 0.253 e. The molecule has 1 aliphatic heterocycles. The van der Waals surface area contributed by atoms with Crippen LogP contribution in [0.5, 0.6) is 0 Å². The fourth-order valence-electron chi connectivity index (χ4n) is 2.43. The number of rotatable bonds is 6. The van der Waals surface area contributed by atoms with Gasteiger partial charge in [0.25, 0.3) is 5.91 Å². The first-order chi connectivity index (χ1) is 11.7. The molecule has 3 rings (SSSR count). The summed E-state index contributed by atoms with van der Waals surface area (Å²) in [6.07, 6.45) is 7.36. The zero-order valence-electron chi connectivity index (χ0n) is 13.6. The Balaban J connectivity index is 1.48. The van der Waals surface area contributed by atoms with Crippen molar-refractivity contribution in [3.05, 3.63) is 31.0 Å². The minimum atomic E-state index is -0.550. The van der Waals surface area contributed by atoms with Gasteiger partial charge in [-0.15, -0.1) is 0 Å². The van der Waals surface area contributed by atoms with Gasteiger partial charge in [0.1, 0.15) is 18.8 Å². The predicted molar refractivity (Wildman–Crippen MR) is 86.8 cm³/mol. The summed E-state index contributed by atoms with van der Waals surface area (Å²) in [7, 11) is 0. The largest absolute Gasteiger partial charge is 0.376 e. The number of hydrogen-bond donors (Lipinski definition) is 1. The zero-order chi connectivity index (χ0) is 16.8. The third-order valence-corrected chi connectivity index (χ3v) is 3.84. The Morgan fingerprint density at radius 1 is 1.50 bits per heavy atom. The molecule has 8 nitrogen and oxygen atoms in total. The highest BCUT2D eigenvalue weighted by Gasteiger charge is 2.19. The van der Waals surface area contributed by atoms with Crippen molar-refractivity contribution in [3.63, 3.8) is 0 Å². The molecule has 0 aliphatic carbocycles. The highest BCUT2D eigenvalue weighted by molar-refractivity contribution is 5.93. The molecular weight excluding hydrogens is 310 g/mol. The molecule has 1 amide bonds. The van der Waals surface area contributed by atoms with E-state index in [0.29, 0.717) is 18.1 Å². The summed E-state index contributed by atoms with van der Waals surface area (Å²) in [6.45, 7) is 2.95. The van der Waals surface area contributed by atoms with Crippen molar-refractivity contribution in [1.29, 1.82) is 0 Å². The Morgan fingerprint density at radius 2 is 2.42 bits per heavy atom. The highest BCUT2D eigenvalue weighted by Crippen LogP contribution is 2.14. The summed E-state index contributed by atoms with van der Waals surface area (Å²) in [5.74, 6) is 0.422. The van der Waals surface area contributed by atoms with Gasteiger partial charge < -0.3 is 14.8 Å². The number of anilines is 1. The number of nitrogens with zero attached hydrogens (tertiary/aromatic N) is 4. The fraction of sp³-hybridized carbons (Fsp3) is 0.500. The van der Waals surface area contributed by atoms with Crippen LogP contribution in [-0.4, -0.2) is 51.1 Å². The van der Waals surface area contributed by atoms with Gasteiger partial charge in [-0.3, -0.25) is 4.79 Å². The lowest BCUT2D eigenvalue weighted by molar-refractivity contribution is -0.130. The van der Waals surface area contributed by atoms with Crippen LogP contribution in [0.3, 0.4) is 0 Å². The highest BCUT2D eigenvalue weighted by atomic mass is 16.5. The normalized spacial score (nSPS) is 19.0. The van der Waals surface area contributed by atoms with Gasteiger partial charge in [-0.25, -0.2) is 14.6 Å². The Hall–Kier alpha value is -2.32. The maximum Gasteiger partial charge on any atom is 0.253 e. The van der Waals surface area contributed by atoms with Crippen molar-refractivity contribution in [2.24, 2.45) is 0 Å². The van der Waals surface area contributed by atoms with Gasteiger partial charge >= 0.3 is 0 Å². The molecule has 24 heavy (non-hydrogen) atoms. The summed E-state index contributed by atoms with van der Waals surface area (Å²) in [4.78, 5) is 20.3. The molecule has 1 saturated heterocycles. The molecule has 0 radical (unpaired) electrons. The quantitative estimate of drug-likeness (QED) is 0.864. The van der Waals surface area contributed by atoms with Gasteiger partial charge in [0.15, 0.2) is 5.82 Å². The van der Waals surface area contributed by atoms with Crippen LogP contribution in [0.15, 0.2) is 31.0 Å². The van der Waals surface area contributed by atoms with E-state index in [4.69, 9.17) is 9.47 Å². The molecule has 0 spiro atoms. The third-order valence-electron chi connectivity index (χ3n) is 3.84. The average molecular weight is 331 g/mol. The molecule has 1 fully saturated rings. The lowest BCUT2D eigenvalue weighted by Crippen LogP contribution is -2.32. The molecule has 1 aliphatic rings. The second-order valence-electron chi connectivity index (χ2n) is 5.70. The topological polar surface area (TPSA) is 91.2 Å². The van der Waals surface area contributed by atoms with Gasteiger partial charge in [-0.05, 0) is 38.3 Å². The number of amides is 1. The van der Waals surface area contributed by atoms with Crippen LogP contribution >= 0.6 is 0 Å². The molecule has 8 heteroatoms. The van der Waals surface area contributed by atoms with Gasteiger partial charge in [0, 0.05) is 6.61 Å². The molecule has 128 valence electrons. The van der Waals surface area contributed by atoms with E-state index in [-0.39, 0.29) is 12.0 Å². The van der Waals surface area contributed by atoms with E-state index in [1.807, 2.05) is 0 Å². The van der Waals surface area contributed by atoms with E-state index in [9.17, 15) is 4.79 Å². The van der Waals surface area contributed by atoms with Crippen molar-refractivity contribution < 1.29 is 14.3 Å². The van der Waals surface area contributed by atoms with E-state index in [1.54, 1.807) is 36.3 Å². The van der Waals surface area contributed by atoms with Crippen molar-refractivity contribution in [2.45, 2.75) is 38.4 Å². The summed E-state index contributed by atoms with van der Waals surface area (Å²) in [5, 5.41) is 6.79. The number of carbonyl (C=O) groups excluding carboxylic acids is 1. The predicted octanol–water partition coefficient (Wildman–Crippen LogP) is 1.57. The summed E-state index contributed by atoms with van der Waals surface area (Å²) in [6, 6.07) is 3.52. The summed E-state index contributed by atoms with van der Waals surface area (Å²) < 4.78 is 12.8. The Kier molecular flexibility index (Phi) is 5.50. The van der Waals surface area contributed by atoms with E-state index in [1.165, 1.54) is 6.33 Å². The van der Waals surface area contributed by atoms with Crippen molar-refractivity contribution >= 4 is 11.6 Å². The van der Waals surface area contributed by atoms with Gasteiger partial charge in [0.2, 0.25) is 0 Å². The number of ether oxygens (including phenoxy) is 2. The van der Waals surface area contributed by atoms with Crippen LogP contribution in [0.25, 0.3) is 5.82 Å². The van der Waals surface area contributed by atoms with Crippen molar-refractivity contribution in [3.8, 4) is 5.82 Å². The van der Waals surface area contributed by atoms with Gasteiger partial charge in [-0.2, -0.15) is 5.10 Å². The van der Waals surface area contributed by atoms with Crippen LogP contribution < -0.4 is 5.32 Å². The Bertz CT molecular complexity index is 638. The third kappa shape index (κ3) is 4.36. The molecule has 0 unspecified atom stereocenters. The number of pyridine rings is 1. The second kappa shape index (κ2) is 7.98. The monoisotopic (exact) mass is 331 g/mol. The van der Waals surface area contributed by atoms with Gasteiger partial charge in [0.05, 0.1) is 24.6 Å². The average Bonchev–Trinajstić information content (AvgIpc) is 3.16. The van der Waals surface area contributed by atoms with Crippen molar-refractivity contribution in [2.75, 3.05) is 18.5 Å². The molecule has 0 saturated carbocycles. The standard InChI is InChI=1S/C16H21N5O3/c1-12(24-9-14-4-2-3-7-23-14)16(22)20-13-5-6-15(18-8-13)21-11-17-10-19-21/h5-6,8,10-12,14H,2-4,7,9H2,1H3,(H,20,22)/t12-,14+/m1/s1. The lowest BCUT2D eigenvalue weighted by atomic mass is 10.1. The number of carbonyl (C=O) groups is 1. The maximum absolute atomic E-state index is 12.2. The van der Waals surface area contributed by atoms with Crippen LogP contribution in [0, 0.1) is 0 Å². The number of hydrogen-bond acceptors (Lipinski definition) is 6. The Morgan fingerprint density at radius 3 is 3.08 bits per heavy atom. The van der Waals surface area contributed by atoms with E-state index < -0.39 is 6.10 Å². The molecule has 2 atom stereocenters. The summed E-state index contributed by atoms with van der Waals surface area (Å²) in [5.41, 5.74) is 0.605. The first-order valence-electron chi connectivity index (χ1n) is 8.07. The van der Waals surface area contributed by atoms with E-state index in [0.717, 1.165) is 25.9 Å². The Labute approximate surface area is 140 Å². The molecule has 2 aromatic rings. The zero-order valence-corrected chi connectivity index (χ0v) is 13.6. The SMILES string of the molecule is C[C@@H](OC[C@@H]1CCCCO1)C(=O)Nc1ccc(-n2cncn2)nc1. The van der Waals surface area contributed by atoms with Crippen LogP contribution in [0.1, 0.15) is 26.2 Å². The minimum Gasteiger partial charge on any atom is -0.376 e. The van der Waals surface area contributed by atoms with Crippen LogP contribution in [0.2, 0.25) is 0 Å². The van der Waals surface area contributed by atoms with E-state index >= 15 is 0 Å². The molecule has 0 bridgehead atoms. The maximum atomic E-state index is 12.2. The molecular formula is C16H21N5O3. The van der Waals surface area contributed by atoms with Gasteiger partial charge in [-0.1, -0.05) is 0 Å². The summed E-state index contributed by atoms with van der Waals surface area (Å²) >= 11 is 0. The van der Waals surface area contributed by atoms with Crippen molar-refractivity contribution in [1.82, 2.24) is 19.7 Å². The molecule has 0 aromatic carbocycles. The molecule has 3 heterocycles. The second-order valence-corrected chi connectivity index (χ2v) is 5.70.